The molecule has 1 saturated heterocycles. The maximum Gasteiger partial charge on any atom is 0.294 e. The molecule has 10 heteroatoms. The third-order valence-electron chi connectivity index (χ3n) is 5.78. The summed E-state index contributed by atoms with van der Waals surface area (Å²) in [6.07, 6.45) is 2.51. The predicted octanol–water partition coefficient (Wildman–Crippen LogP) is 7.16. The SMILES string of the molecule is CCOc1cc(/C=C2/SC(=O)N(CC(=O)Nc3ccc(CC)cc3)C2=O)cc(I)c1OCc1ccccc1Cl. The van der Waals surface area contributed by atoms with Crippen molar-refractivity contribution < 1.29 is 23.9 Å². The molecule has 1 heterocycles. The number of anilines is 1. The molecule has 1 aliphatic rings. The Labute approximate surface area is 250 Å². The summed E-state index contributed by atoms with van der Waals surface area (Å²) in [5.74, 6) is 0.103. The van der Waals surface area contributed by atoms with Crippen LogP contribution in [0.15, 0.2) is 65.6 Å². The van der Waals surface area contributed by atoms with Crippen molar-refractivity contribution in [2.45, 2.75) is 26.9 Å². The first-order valence-electron chi connectivity index (χ1n) is 12.3. The van der Waals surface area contributed by atoms with E-state index in [1.807, 2.05) is 50.2 Å². The molecule has 4 rings (SSSR count). The minimum Gasteiger partial charge on any atom is -0.490 e. The number of nitrogens with zero attached hydrogens (tertiary/aromatic N) is 1. The Balaban J connectivity index is 1.48. The van der Waals surface area contributed by atoms with E-state index < -0.39 is 17.1 Å². The van der Waals surface area contributed by atoms with Crippen molar-refractivity contribution in [3.05, 3.63) is 90.9 Å². The Morgan fingerprint density at radius 1 is 1.08 bits per heavy atom. The molecular weight excluding hydrogens is 651 g/mol. The van der Waals surface area contributed by atoms with Gasteiger partial charge in [-0.2, -0.15) is 0 Å². The Kier molecular flexibility index (Phi) is 9.93. The minimum atomic E-state index is -0.520. The third-order valence-corrected chi connectivity index (χ3v) is 7.86. The van der Waals surface area contributed by atoms with Gasteiger partial charge >= 0.3 is 0 Å². The van der Waals surface area contributed by atoms with E-state index >= 15 is 0 Å². The molecule has 0 saturated carbocycles. The van der Waals surface area contributed by atoms with Gasteiger partial charge in [-0.25, -0.2) is 0 Å². The van der Waals surface area contributed by atoms with Crippen LogP contribution in [-0.2, 0) is 22.6 Å². The van der Waals surface area contributed by atoms with Crippen molar-refractivity contribution in [2.75, 3.05) is 18.5 Å². The molecule has 0 spiro atoms. The first-order chi connectivity index (χ1) is 18.8. The first-order valence-corrected chi connectivity index (χ1v) is 14.5. The quantitative estimate of drug-likeness (QED) is 0.181. The molecule has 0 aromatic heterocycles. The standard InChI is InChI=1S/C29H26ClIN2O5S/c1-3-18-9-11-21(12-10-18)32-26(34)16-33-28(35)25(39-29(33)36)15-19-13-23(31)27(24(14-19)37-4-2)38-17-20-7-5-6-8-22(20)30/h5-15H,3-4,16-17H2,1-2H3,(H,32,34)/b25-15+. The van der Waals surface area contributed by atoms with Gasteiger partial charge < -0.3 is 14.8 Å². The summed E-state index contributed by atoms with van der Waals surface area (Å²) >= 11 is 9.20. The average Bonchev–Trinajstić information content (AvgIpc) is 3.17. The number of thioether (sulfide) groups is 1. The fraction of sp³-hybridized carbons (Fsp3) is 0.207. The zero-order valence-electron chi connectivity index (χ0n) is 21.3. The van der Waals surface area contributed by atoms with Crippen LogP contribution >= 0.6 is 46.0 Å². The molecule has 3 aromatic carbocycles. The molecule has 1 N–H and O–H groups in total. The molecule has 39 heavy (non-hydrogen) atoms. The molecular formula is C29H26ClIN2O5S. The molecule has 0 radical (unpaired) electrons. The summed E-state index contributed by atoms with van der Waals surface area (Å²) in [5, 5.41) is 2.85. The van der Waals surface area contributed by atoms with Gasteiger partial charge in [0.1, 0.15) is 13.2 Å². The smallest absolute Gasteiger partial charge is 0.294 e. The largest absolute Gasteiger partial charge is 0.490 e. The van der Waals surface area contributed by atoms with Crippen LogP contribution in [0.3, 0.4) is 0 Å². The minimum absolute atomic E-state index is 0.225. The molecule has 0 atom stereocenters. The first kappa shape index (κ1) is 29.0. The lowest BCUT2D eigenvalue weighted by molar-refractivity contribution is -0.127. The topological polar surface area (TPSA) is 84.9 Å². The van der Waals surface area contributed by atoms with E-state index in [1.54, 1.807) is 30.3 Å². The number of ether oxygens (including phenoxy) is 2. The third kappa shape index (κ3) is 7.34. The van der Waals surface area contributed by atoms with Gasteiger partial charge in [0.15, 0.2) is 11.5 Å². The fourth-order valence-electron chi connectivity index (χ4n) is 3.80. The molecule has 0 bridgehead atoms. The van der Waals surface area contributed by atoms with Crippen LogP contribution < -0.4 is 14.8 Å². The van der Waals surface area contributed by atoms with Crippen LogP contribution in [-0.4, -0.2) is 35.1 Å². The number of rotatable bonds is 10. The number of benzene rings is 3. The number of imide groups is 1. The lowest BCUT2D eigenvalue weighted by Gasteiger charge is -2.15. The number of nitrogens with one attached hydrogen (secondary N) is 1. The van der Waals surface area contributed by atoms with Crippen molar-refractivity contribution in [3.63, 3.8) is 0 Å². The molecule has 0 unspecified atom stereocenters. The Morgan fingerprint density at radius 3 is 2.51 bits per heavy atom. The monoisotopic (exact) mass is 676 g/mol. The van der Waals surface area contributed by atoms with Crippen LogP contribution in [0.4, 0.5) is 10.5 Å². The highest BCUT2D eigenvalue weighted by molar-refractivity contribution is 14.1. The maximum atomic E-state index is 13.0. The van der Waals surface area contributed by atoms with Gasteiger partial charge in [0, 0.05) is 16.3 Å². The number of halogens is 2. The summed E-state index contributed by atoms with van der Waals surface area (Å²) in [4.78, 5) is 39.3. The molecule has 0 aliphatic carbocycles. The number of carbonyl (C=O) groups excluding carboxylic acids is 3. The number of hydrogen-bond donors (Lipinski definition) is 1. The predicted molar refractivity (Wildman–Crippen MR) is 163 cm³/mol. The van der Waals surface area contributed by atoms with E-state index in [1.165, 1.54) is 0 Å². The van der Waals surface area contributed by atoms with Crippen LogP contribution in [0, 0.1) is 3.57 Å². The van der Waals surface area contributed by atoms with Gasteiger partial charge in [0.05, 0.1) is 15.1 Å². The number of amides is 3. The second-order valence-electron chi connectivity index (χ2n) is 8.51. The molecule has 1 aliphatic heterocycles. The summed E-state index contributed by atoms with van der Waals surface area (Å²) in [7, 11) is 0. The van der Waals surface area contributed by atoms with Gasteiger partial charge in [-0.1, -0.05) is 48.9 Å². The lowest BCUT2D eigenvalue weighted by atomic mass is 10.1. The number of carbonyl (C=O) groups is 3. The fourth-order valence-corrected chi connectivity index (χ4v) is 5.60. The summed E-state index contributed by atoms with van der Waals surface area (Å²) in [6, 6.07) is 18.5. The van der Waals surface area contributed by atoms with Gasteiger partial charge in [-0.05, 0) is 95.2 Å². The van der Waals surface area contributed by atoms with Crippen molar-refractivity contribution in [1.82, 2.24) is 4.90 Å². The van der Waals surface area contributed by atoms with E-state index in [4.69, 9.17) is 21.1 Å². The zero-order chi connectivity index (χ0) is 27.9. The van der Waals surface area contributed by atoms with Crippen LogP contribution in [0.25, 0.3) is 6.08 Å². The van der Waals surface area contributed by atoms with Crippen LogP contribution in [0.2, 0.25) is 5.02 Å². The van der Waals surface area contributed by atoms with Gasteiger partial charge in [0.2, 0.25) is 5.91 Å². The highest BCUT2D eigenvalue weighted by Crippen LogP contribution is 2.38. The Bertz CT molecular complexity index is 1430. The zero-order valence-corrected chi connectivity index (χ0v) is 25.1. The highest BCUT2D eigenvalue weighted by atomic mass is 127. The van der Waals surface area contributed by atoms with E-state index in [2.05, 4.69) is 27.9 Å². The van der Waals surface area contributed by atoms with E-state index in [-0.39, 0.29) is 18.1 Å². The average molecular weight is 677 g/mol. The molecule has 202 valence electrons. The second kappa shape index (κ2) is 13.4. The van der Waals surface area contributed by atoms with Crippen LogP contribution in [0.5, 0.6) is 11.5 Å². The highest BCUT2D eigenvalue weighted by Gasteiger charge is 2.36. The van der Waals surface area contributed by atoms with Gasteiger partial charge in [0.25, 0.3) is 11.1 Å². The Morgan fingerprint density at radius 2 is 1.82 bits per heavy atom. The number of aryl methyl sites for hydroxylation is 1. The summed E-state index contributed by atoms with van der Waals surface area (Å²) in [5.41, 5.74) is 3.26. The normalized spacial score (nSPS) is 14.2. The van der Waals surface area contributed by atoms with E-state index in [0.717, 1.165) is 37.8 Å². The van der Waals surface area contributed by atoms with Crippen LogP contribution in [0.1, 0.15) is 30.5 Å². The molecule has 7 nitrogen and oxygen atoms in total. The summed E-state index contributed by atoms with van der Waals surface area (Å²) < 4.78 is 12.6. The second-order valence-corrected chi connectivity index (χ2v) is 11.1. The van der Waals surface area contributed by atoms with Crippen molar-refractivity contribution in [1.29, 1.82) is 0 Å². The Hall–Kier alpha value is -3.02. The van der Waals surface area contributed by atoms with Gasteiger partial charge in [-0.3, -0.25) is 19.3 Å². The van der Waals surface area contributed by atoms with Gasteiger partial charge in [-0.15, -0.1) is 0 Å². The van der Waals surface area contributed by atoms with Crippen molar-refractivity contribution in [3.8, 4) is 11.5 Å². The lowest BCUT2D eigenvalue weighted by Crippen LogP contribution is -2.36. The molecule has 3 aromatic rings. The maximum absolute atomic E-state index is 13.0. The number of hydrogen-bond acceptors (Lipinski definition) is 6. The summed E-state index contributed by atoms with van der Waals surface area (Å²) in [6.45, 7) is 4.22. The molecule has 1 fully saturated rings. The van der Waals surface area contributed by atoms with E-state index in [0.29, 0.717) is 34.4 Å². The van der Waals surface area contributed by atoms with Crippen molar-refractivity contribution >= 4 is 74.8 Å². The van der Waals surface area contributed by atoms with E-state index in [9.17, 15) is 14.4 Å². The van der Waals surface area contributed by atoms with Crippen molar-refractivity contribution in [2.24, 2.45) is 0 Å². The molecule has 3 amide bonds.